The van der Waals surface area contributed by atoms with Crippen molar-refractivity contribution in [1.82, 2.24) is 0 Å². The van der Waals surface area contributed by atoms with Crippen LogP contribution < -0.4 is 0 Å². The normalized spacial score (nSPS) is 21.0. The van der Waals surface area contributed by atoms with Crippen molar-refractivity contribution in [2.75, 3.05) is 6.61 Å². The molecule has 224 valence electrons. The number of benzene rings is 4. The minimum atomic E-state index is -1.46. The van der Waals surface area contributed by atoms with Gasteiger partial charge in [0, 0.05) is 0 Å². The molecule has 1 aliphatic rings. The van der Waals surface area contributed by atoms with Crippen LogP contribution in [0.15, 0.2) is 121 Å². The first-order valence-corrected chi connectivity index (χ1v) is 14.1. The second-order valence-electron chi connectivity index (χ2n) is 9.70. The van der Waals surface area contributed by atoms with E-state index in [2.05, 4.69) is 0 Å². The van der Waals surface area contributed by atoms with E-state index in [4.69, 9.17) is 35.3 Å². The van der Waals surface area contributed by atoms with Crippen LogP contribution in [0.2, 0.25) is 0 Å². The van der Waals surface area contributed by atoms with E-state index in [0.29, 0.717) is 0 Å². The fourth-order valence-electron chi connectivity index (χ4n) is 4.51. The maximum absolute atomic E-state index is 13.3. The van der Waals surface area contributed by atoms with Gasteiger partial charge in [-0.1, -0.05) is 84.4 Å². The molecule has 10 heteroatoms. The molecular formula is C34H27ClO9. The molecule has 0 unspecified atom stereocenters. The number of hydrogen-bond acceptors (Lipinski definition) is 9. The molecule has 5 rings (SSSR count). The molecule has 44 heavy (non-hydrogen) atoms. The highest BCUT2D eigenvalue weighted by molar-refractivity contribution is 6.20. The Hall–Kier alpha value is -4.99. The van der Waals surface area contributed by atoms with Crippen molar-refractivity contribution in [2.24, 2.45) is 0 Å². The molecule has 1 heterocycles. The van der Waals surface area contributed by atoms with Gasteiger partial charge in [-0.2, -0.15) is 0 Å². The number of rotatable bonds is 9. The Morgan fingerprint density at radius 2 is 0.841 bits per heavy atom. The third-order valence-electron chi connectivity index (χ3n) is 6.72. The van der Waals surface area contributed by atoms with Gasteiger partial charge in [-0.3, -0.25) is 0 Å². The molecule has 5 atom stereocenters. The number of esters is 4. The maximum atomic E-state index is 13.3. The van der Waals surface area contributed by atoms with Crippen molar-refractivity contribution >= 4 is 35.5 Å². The molecule has 0 bridgehead atoms. The number of carbonyl (C=O) groups is 4. The smallest absolute Gasteiger partial charge is 0.338 e. The minimum absolute atomic E-state index is 0.193. The number of halogens is 1. The number of hydrogen-bond donors (Lipinski definition) is 0. The first-order valence-electron chi connectivity index (χ1n) is 13.7. The van der Waals surface area contributed by atoms with Crippen LogP contribution in [0.25, 0.3) is 0 Å². The van der Waals surface area contributed by atoms with Gasteiger partial charge in [0.25, 0.3) is 0 Å². The minimum Gasteiger partial charge on any atom is -0.459 e. The van der Waals surface area contributed by atoms with Gasteiger partial charge < -0.3 is 23.7 Å². The standard InChI is InChI=1S/C34H27ClO9/c35-30-29(44-34(39)25-19-11-4-12-20-25)28(43-33(38)24-17-9-3-10-18-24)27(42-32(37)23-15-7-2-8-16-23)26(41-30)21-40-31(36)22-13-5-1-6-14-22/h1-20,26-30H,21H2/t26-,27-,28+,29+,30+/m1/s1. The molecule has 1 aliphatic heterocycles. The molecule has 0 spiro atoms. The van der Waals surface area contributed by atoms with Gasteiger partial charge in [0.15, 0.2) is 23.9 Å². The summed E-state index contributed by atoms with van der Waals surface area (Å²) < 4.78 is 28.9. The van der Waals surface area contributed by atoms with E-state index in [0.717, 1.165) is 0 Å². The predicted molar refractivity (Wildman–Crippen MR) is 158 cm³/mol. The second kappa shape index (κ2) is 14.5. The van der Waals surface area contributed by atoms with Gasteiger partial charge in [0.05, 0.1) is 22.3 Å². The fourth-order valence-corrected chi connectivity index (χ4v) is 4.84. The van der Waals surface area contributed by atoms with Gasteiger partial charge in [0.1, 0.15) is 12.7 Å². The lowest BCUT2D eigenvalue weighted by Crippen LogP contribution is -2.61. The zero-order chi connectivity index (χ0) is 30.9. The van der Waals surface area contributed by atoms with E-state index in [1.54, 1.807) is 109 Å². The Kier molecular flexibility index (Phi) is 10.0. The Balaban J connectivity index is 1.48. The van der Waals surface area contributed by atoms with E-state index >= 15 is 0 Å². The van der Waals surface area contributed by atoms with Crippen LogP contribution in [-0.2, 0) is 23.7 Å². The molecule has 4 aromatic carbocycles. The zero-order valence-electron chi connectivity index (χ0n) is 23.2. The Labute approximate surface area is 258 Å². The van der Waals surface area contributed by atoms with Crippen molar-refractivity contribution in [2.45, 2.75) is 30.0 Å². The predicted octanol–water partition coefficient (Wildman–Crippen LogP) is 5.48. The first kappa shape index (κ1) is 30.5. The largest absolute Gasteiger partial charge is 0.459 e. The lowest BCUT2D eigenvalue weighted by molar-refractivity contribution is -0.209. The molecule has 1 fully saturated rings. The molecule has 0 amide bonds. The summed E-state index contributed by atoms with van der Waals surface area (Å²) in [6.45, 7) is -0.428. The third-order valence-corrected chi connectivity index (χ3v) is 7.07. The molecule has 4 aromatic rings. The molecule has 1 saturated heterocycles. The van der Waals surface area contributed by atoms with Gasteiger partial charge in [-0.05, 0) is 48.5 Å². The van der Waals surface area contributed by atoms with E-state index in [9.17, 15) is 19.2 Å². The van der Waals surface area contributed by atoms with E-state index in [-0.39, 0.29) is 22.3 Å². The first-order chi connectivity index (χ1) is 21.4. The van der Waals surface area contributed by atoms with Crippen molar-refractivity contribution in [1.29, 1.82) is 0 Å². The lowest BCUT2D eigenvalue weighted by Gasteiger charge is -2.42. The van der Waals surface area contributed by atoms with Crippen LogP contribution in [0.1, 0.15) is 41.4 Å². The average Bonchev–Trinajstić information content (AvgIpc) is 3.07. The molecule has 9 nitrogen and oxygen atoms in total. The highest BCUT2D eigenvalue weighted by Crippen LogP contribution is 2.32. The summed E-state index contributed by atoms with van der Waals surface area (Å²) in [4.78, 5) is 52.5. The van der Waals surface area contributed by atoms with Crippen molar-refractivity contribution in [3.63, 3.8) is 0 Å². The summed E-state index contributed by atoms with van der Waals surface area (Å²) in [5.41, 5.74) is -0.500. The third kappa shape index (κ3) is 7.50. The van der Waals surface area contributed by atoms with E-state index in [1.165, 1.54) is 12.1 Å². The highest BCUT2D eigenvalue weighted by Gasteiger charge is 2.52. The van der Waals surface area contributed by atoms with Gasteiger partial charge in [-0.25, -0.2) is 19.2 Å². The Bertz CT molecular complexity index is 1570. The van der Waals surface area contributed by atoms with Crippen molar-refractivity contribution < 1.29 is 42.9 Å². The number of carbonyl (C=O) groups excluding carboxylic acids is 4. The van der Waals surface area contributed by atoms with Crippen LogP contribution in [0, 0.1) is 0 Å². The lowest BCUT2D eigenvalue weighted by atomic mass is 9.98. The van der Waals surface area contributed by atoms with Gasteiger partial charge in [0.2, 0.25) is 0 Å². The molecule has 0 saturated carbocycles. The summed E-state index contributed by atoms with van der Waals surface area (Å²) in [5.74, 6) is -3.00. The Morgan fingerprint density at radius 3 is 1.25 bits per heavy atom. The van der Waals surface area contributed by atoms with Gasteiger partial charge in [-0.15, -0.1) is 0 Å². The van der Waals surface area contributed by atoms with E-state index < -0.39 is 60.5 Å². The summed E-state index contributed by atoms with van der Waals surface area (Å²) >= 11 is 6.61. The van der Waals surface area contributed by atoms with Crippen LogP contribution in [0.5, 0.6) is 0 Å². The Morgan fingerprint density at radius 1 is 0.500 bits per heavy atom. The number of ether oxygens (including phenoxy) is 5. The number of alkyl halides is 1. The summed E-state index contributed by atoms with van der Waals surface area (Å²) in [5, 5.41) is 0. The molecule has 0 radical (unpaired) electrons. The molecular weight excluding hydrogens is 588 g/mol. The molecule has 0 N–H and O–H groups in total. The summed E-state index contributed by atoms with van der Waals surface area (Å²) in [6, 6.07) is 32.6. The topological polar surface area (TPSA) is 114 Å². The molecule has 0 aromatic heterocycles. The zero-order valence-corrected chi connectivity index (χ0v) is 23.9. The quantitative estimate of drug-likeness (QED) is 0.137. The summed E-state index contributed by atoms with van der Waals surface area (Å²) in [6.07, 6.45) is -5.51. The van der Waals surface area contributed by atoms with Crippen LogP contribution >= 0.6 is 11.6 Å². The van der Waals surface area contributed by atoms with Crippen molar-refractivity contribution in [3.8, 4) is 0 Å². The molecule has 0 aliphatic carbocycles. The monoisotopic (exact) mass is 614 g/mol. The van der Waals surface area contributed by atoms with Crippen LogP contribution in [0.3, 0.4) is 0 Å². The highest BCUT2D eigenvalue weighted by atomic mass is 35.5. The fraction of sp³-hybridized carbons (Fsp3) is 0.176. The van der Waals surface area contributed by atoms with Crippen LogP contribution in [0.4, 0.5) is 0 Å². The van der Waals surface area contributed by atoms with Crippen molar-refractivity contribution in [3.05, 3.63) is 144 Å². The van der Waals surface area contributed by atoms with Gasteiger partial charge >= 0.3 is 23.9 Å². The maximum Gasteiger partial charge on any atom is 0.338 e. The summed E-state index contributed by atoms with van der Waals surface area (Å²) in [7, 11) is 0. The van der Waals surface area contributed by atoms with E-state index in [1.807, 2.05) is 0 Å². The average molecular weight is 615 g/mol. The SMILES string of the molecule is O=C(OC[C@H]1O[C@H](Cl)[C@@H](OC(=O)c2ccccc2)[C@@H](OC(=O)c2ccccc2)[C@@H]1OC(=O)c1ccccc1)c1ccccc1. The second-order valence-corrected chi connectivity index (χ2v) is 10.1. The van der Waals surface area contributed by atoms with Crippen LogP contribution in [-0.4, -0.2) is 60.5 Å².